The summed E-state index contributed by atoms with van der Waals surface area (Å²) in [5, 5.41) is 2.96. The first-order valence-corrected chi connectivity index (χ1v) is 13.0. The Morgan fingerprint density at radius 2 is 2.00 bits per heavy atom. The summed E-state index contributed by atoms with van der Waals surface area (Å²) in [7, 11) is -3.48. The third-order valence-electron chi connectivity index (χ3n) is 5.69. The van der Waals surface area contributed by atoms with Gasteiger partial charge in [0, 0.05) is 32.1 Å². The monoisotopic (exact) mass is 453 g/mol. The maximum absolute atomic E-state index is 12.3. The minimum atomic E-state index is -3.48. The second kappa shape index (κ2) is 11.0. The number of carbonyl (C=O) groups excluding carboxylic acids is 1. The normalized spacial score (nSPS) is 19.1. The lowest BCUT2D eigenvalue weighted by Gasteiger charge is -2.30. The number of amides is 1. The van der Waals surface area contributed by atoms with E-state index in [-0.39, 0.29) is 18.9 Å². The van der Waals surface area contributed by atoms with Crippen LogP contribution < -0.4 is 19.1 Å². The zero-order valence-electron chi connectivity index (χ0n) is 18.6. The Morgan fingerprint density at radius 3 is 2.74 bits per heavy atom. The Hall–Kier alpha value is -2.00. The molecule has 1 aromatic carbocycles. The van der Waals surface area contributed by atoms with Crippen LogP contribution in [0.15, 0.2) is 18.2 Å². The third-order valence-corrected chi connectivity index (χ3v) is 6.89. The van der Waals surface area contributed by atoms with Gasteiger partial charge in [-0.25, -0.2) is 8.42 Å². The molecule has 31 heavy (non-hydrogen) atoms. The van der Waals surface area contributed by atoms with Gasteiger partial charge in [-0.05, 0) is 56.8 Å². The van der Waals surface area contributed by atoms with Gasteiger partial charge in [0.1, 0.15) is 13.2 Å². The van der Waals surface area contributed by atoms with Crippen LogP contribution >= 0.6 is 0 Å². The van der Waals surface area contributed by atoms with Crippen LogP contribution in [0.2, 0.25) is 0 Å². The highest BCUT2D eigenvalue weighted by Crippen LogP contribution is 2.34. The van der Waals surface area contributed by atoms with Crippen LogP contribution in [0.3, 0.4) is 0 Å². The van der Waals surface area contributed by atoms with Crippen molar-refractivity contribution in [3.63, 3.8) is 0 Å². The highest BCUT2D eigenvalue weighted by molar-refractivity contribution is 7.92. The first-order valence-electron chi connectivity index (χ1n) is 11.2. The number of sulfonamides is 1. The minimum absolute atomic E-state index is 0.0392. The fourth-order valence-electron chi connectivity index (χ4n) is 4.17. The lowest BCUT2D eigenvalue weighted by atomic mass is 10.0. The van der Waals surface area contributed by atoms with E-state index in [0.717, 1.165) is 32.0 Å². The van der Waals surface area contributed by atoms with E-state index < -0.39 is 10.0 Å². The first kappa shape index (κ1) is 23.7. The van der Waals surface area contributed by atoms with Gasteiger partial charge in [0.15, 0.2) is 11.5 Å². The number of ether oxygens (including phenoxy) is 2. The van der Waals surface area contributed by atoms with Crippen molar-refractivity contribution in [3.8, 4) is 11.5 Å². The molecule has 1 amide bonds. The molecule has 1 atom stereocenters. The smallest absolute Gasteiger partial charge is 0.232 e. The van der Waals surface area contributed by atoms with Crippen molar-refractivity contribution in [1.82, 2.24) is 10.2 Å². The summed E-state index contributed by atoms with van der Waals surface area (Å²) < 4.78 is 37.0. The maximum Gasteiger partial charge on any atom is 0.232 e. The Bertz CT molecular complexity index is 846. The summed E-state index contributed by atoms with van der Waals surface area (Å²) in [4.78, 5) is 14.6. The Labute approximate surface area is 185 Å². The van der Waals surface area contributed by atoms with Crippen LogP contribution in [-0.4, -0.2) is 71.4 Å². The zero-order valence-corrected chi connectivity index (χ0v) is 19.5. The number of carbonyl (C=O) groups is 1. The predicted molar refractivity (Wildman–Crippen MR) is 121 cm³/mol. The Balaban J connectivity index is 1.42. The molecule has 0 spiro atoms. The summed E-state index contributed by atoms with van der Waals surface area (Å²) in [5.74, 6) is 1.87. The van der Waals surface area contributed by atoms with Gasteiger partial charge in [-0.15, -0.1) is 0 Å². The molecular weight excluding hydrogens is 418 g/mol. The molecule has 174 valence electrons. The molecule has 0 aliphatic carbocycles. The quantitative estimate of drug-likeness (QED) is 0.547. The van der Waals surface area contributed by atoms with Gasteiger partial charge in [-0.1, -0.05) is 6.92 Å². The van der Waals surface area contributed by atoms with Gasteiger partial charge >= 0.3 is 0 Å². The molecule has 0 unspecified atom stereocenters. The molecule has 0 radical (unpaired) electrons. The summed E-state index contributed by atoms with van der Waals surface area (Å²) >= 11 is 0. The van der Waals surface area contributed by atoms with Gasteiger partial charge in [0.25, 0.3) is 0 Å². The molecule has 1 N–H and O–H groups in total. The van der Waals surface area contributed by atoms with Crippen LogP contribution in [-0.2, 0) is 14.8 Å². The number of anilines is 1. The number of nitrogens with one attached hydrogen (secondary N) is 1. The van der Waals surface area contributed by atoms with Gasteiger partial charge in [0.2, 0.25) is 15.9 Å². The van der Waals surface area contributed by atoms with Crippen LogP contribution in [0.4, 0.5) is 5.69 Å². The Morgan fingerprint density at radius 1 is 1.23 bits per heavy atom. The fraction of sp³-hybridized carbons (Fsp3) is 0.682. The van der Waals surface area contributed by atoms with E-state index in [1.807, 2.05) is 0 Å². The molecule has 2 aliphatic rings. The van der Waals surface area contributed by atoms with Crippen molar-refractivity contribution in [1.29, 1.82) is 0 Å². The topological polar surface area (TPSA) is 88.2 Å². The molecule has 8 nitrogen and oxygen atoms in total. The van der Waals surface area contributed by atoms with Crippen LogP contribution in [0.5, 0.6) is 11.5 Å². The molecule has 1 saturated heterocycles. The van der Waals surface area contributed by atoms with E-state index in [9.17, 15) is 13.2 Å². The summed E-state index contributed by atoms with van der Waals surface area (Å²) in [6.45, 7) is 7.41. The second-order valence-electron chi connectivity index (χ2n) is 8.52. The maximum atomic E-state index is 12.3. The van der Waals surface area contributed by atoms with Crippen LogP contribution in [0.1, 0.15) is 39.0 Å². The molecule has 9 heteroatoms. The molecule has 0 bridgehead atoms. The molecule has 1 fully saturated rings. The standard InChI is InChI=1S/C22H35N3O5S/c1-18-6-3-11-24(17-18)12-5-10-23-22(26)7-4-13-25(31(2,27)28)19-8-9-20-21(16-19)30-15-14-29-20/h8-9,16,18H,3-7,10-15,17H2,1-2H3,(H,23,26)/t18-/m1/s1. The number of piperidine rings is 1. The van der Waals surface area contributed by atoms with Crippen LogP contribution in [0.25, 0.3) is 0 Å². The summed E-state index contributed by atoms with van der Waals surface area (Å²) in [5.41, 5.74) is 0.517. The number of benzene rings is 1. The summed E-state index contributed by atoms with van der Waals surface area (Å²) in [6, 6.07) is 5.10. The average molecular weight is 454 g/mol. The Kier molecular flexibility index (Phi) is 8.43. The number of hydrogen-bond acceptors (Lipinski definition) is 6. The number of hydrogen-bond donors (Lipinski definition) is 1. The number of rotatable bonds is 10. The van der Waals surface area contributed by atoms with E-state index in [2.05, 4.69) is 17.1 Å². The van der Waals surface area contributed by atoms with Crippen molar-refractivity contribution in [2.75, 3.05) is 56.5 Å². The van der Waals surface area contributed by atoms with Crippen molar-refractivity contribution in [2.45, 2.75) is 39.0 Å². The average Bonchev–Trinajstić information content (AvgIpc) is 2.73. The van der Waals surface area contributed by atoms with Crippen molar-refractivity contribution >= 4 is 21.6 Å². The minimum Gasteiger partial charge on any atom is -0.486 e. The van der Waals surface area contributed by atoms with Crippen molar-refractivity contribution in [2.24, 2.45) is 5.92 Å². The molecule has 0 saturated carbocycles. The van der Waals surface area contributed by atoms with E-state index in [0.29, 0.717) is 43.4 Å². The van der Waals surface area contributed by atoms with Crippen molar-refractivity contribution in [3.05, 3.63) is 18.2 Å². The largest absolute Gasteiger partial charge is 0.486 e. The highest BCUT2D eigenvalue weighted by atomic mass is 32.2. The molecule has 2 aliphatic heterocycles. The number of likely N-dealkylation sites (tertiary alicyclic amines) is 1. The number of nitrogens with zero attached hydrogens (tertiary/aromatic N) is 2. The van der Waals surface area contributed by atoms with E-state index in [4.69, 9.17) is 9.47 Å². The second-order valence-corrected chi connectivity index (χ2v) is 10.4. The number of fused-ring (bicyclic) bond motifs is 1. The molecule has 1 aromatic rings. The summed E-state index contributed by atoms with van der Waals surface area (Å²) in [6.07, 6.45) is 5.41. The van der Waals surface area contributed by atoms with E-state index >= 15 is 0 Å². The fourth-order valence-corrected chi connectivity index (χ4v) is 5.12. The lowest BCUT2D eigenvalue weighted by Crippen LogP contribution is -2.36. The lowest BCUT2D eigenvalue weighted by molar-refractivity contribution is -0.121. The van der Waals surface area contributed by atoms with Crippen LogP contribution in [0, 0.1) is 5.92 Å². The first-order chi connectivity index (χ1) is 14.8. The zero-order chi connectivity index (χ0) is 22.3. The van der Waals surface area contributed by atoms with Gasteiger partial charge in [-0.3, -0.25) is 9.10 Å². The van der Waals surface area contributed by atoms with E-state index in [1.54, 1.807) is 18.2 Å². The molecule has 0 aromatic heterocycles. The molecule has 2 heterocycles. The SMILES string of the molecule is C[C@@H]1CCCN(CCCNC(=O)CCCN(c2ccc3c(c2)OCCO3)S(C)(=O)=O)C1. The van der Waals surface area contributed by atoms with Gasteiger partial charge in [0.05, 0.1) is 11.9 Å². The third kappa shape index (κ3) is 7.28. The van der Waals surface area contributed by atoms with Crippen molar-refractivity contribution < 1.29 is 22.7 Å². The molecular formula is C22H35N3O5S. The predicted octanol–water partition coefficient (Wildman–Crippen LogP) is 2.24. The molecule has 3 rings (SSSR count). The van der Waals surface area contributed by atoms with Gasteiger partial charge < -0.3 is 19.7 Å². The van der Waals surface area contributed by atoms with E-state index in [1.165, 1.54) is 23.4 Å². The highest BCUT2D eigenvalue weighted by Gasteiger charge is 2.21. The van der Waals surface area contributed by atoms with Gasteiger partial charge in [-0.2, -0.15) is 0 Å².